The average molecular weight is 226 g/mol. The summed E-state index contributed by atoms with van der Waals surface area (Å²) in [5.41, 5.74) is 2.85. The third-order valence-corrected chi connectivity index (χ3v) is 2.57. The molecule has 0 saturated heterocycles. The van der Waals surface area contributed by atoms with Crippen molar-refractivity contribution in [3.63, 3.8) is 0 Å². The summed E-state index contributed by atoms with van der Waals surface area (Å²) in [5, 5.41) is 12.0. The second-order valence-electron chi connectivity index (χ2n) is 3.60. The fraction of sp³-hybridized carbons (Fsp3) is 0.0833. The molecular weight excluding hydrogens is 216 g/mol. The third kappa shape index (κ3) is 1.71. The zero-order chi connectivity index (χ0) is 11.7. The molecule has 0 N–H and O–H groups in total. The molecule has 84 valence electrons. The van der Waals surface area contributed by atoms with Crippen LogP contribution in [-0.4, -0.2) is 26.9 Å². The van der Waals surface area contributed by atoms with Crippen LogP contribution in [0.25, 0.3) is 16.8 Å². The van der Waals surface area contributed by atoms with E-state index in [0.717, 1.165) is 22.5 Å². The average Bonchev–Trinajstić information content (AvgIpc) is 2.82. The maximum atomic E-state index is 5.12. The number of hydrogen-bond acceptors (Lipinski definition) is 4. The first kappa shape index (κ1) is 9.77. The molecule has 3 aromatic rings. The molecule has 0 bridgehead atoms. The Hall–Kier alpha value is -2.43. The van der Waals surface area contributed by atoms with E-state index in [1.807, 2.05) is 30.3 Å². The van der Waals surface area contributed by atoms with Gasteiger partial charge in [0.25, 0.3) is 0 Å². The minimum absolute atomic E-state index is 0.834. The number of fused-ring (bicyclic) bond motifs is 1. The van der Waals surface area contributed by atoms with E-state index < -0.39 is 0 Å². The van der Waals surface area contributed by atoms with Gasteiger partial charge >= 0.3 is 0 Å². The van der Waals surface area contributed by atoms with Gasteiger partial charge in [-0.1, -0.05) is 0 Å². The second-order valence-corrected chi connectivity index (χ2v) is 3.60. The van der Waals surface area contributed by atoms with Crippen molar-refractivity contribution in [2.24, 2.45) is 0 Å². The molecule has 0 amide bonds. The Labute approximate surface area is 97.7 Å². The van der Waals surface area contributed by atoms with Crippen molar-refractivity contribution in [1.82, 2.24) is 19.8 Å². The fourth-order valence-electron chi connectivity index (χ4n) is 1.67. The lowest BCUT2D eigenvalue weighted by Crippen LogP contribution is -1.90. The molecule has 1 aromatic carbocycles. The van der Waals surface area contributed by atoms with Gasteiger partial charge in [0.05, 0.1) is 24.5 Å². The highest BCUT2D eigenvalue weighted by Crippen LogP contribution is 2.21. The summed E-state index contributed by atoms with van der Waals surface area (Å²) in [6.07, 6.45) is 3.27. The molecule has 0 saturated carbocycles. The normalized spacial score (nSPS) is 10.6. The molecule has 0 aliphatic rings. The van der Waals surface area contributed by atoms with Gasteiger partial charge in [0.2, 0.25) is 0 Å². The number of rotatable bonds is 2. The van der Waals surface area contributed by atoms with Crippen LogP contribution in [0.15, 0.2) is 42.9 Å². The second kappa shape index (κ2) is 3.86. The summed E-state index contributed by atoms with van der Waals surface area (Å²) in [4.78, 5) is 0. The van der Waals surface area contributed by atoms with Crippen LogP contribution in [0.4, 0.5) is 0 Å². The Balaban J connectivity index is 2.07. The monoisotopic (exact) mass is 226 g/mol. The highest BCUT2D eigenvalue weighted by molar-refractivity contribution is 5.65. The summed E-state index contributed by atoms with van der Waals surface area (Å²) in [6.45, 7) is 0. The number of benzene rings is 1. The first-order valence-corrected chi connectivity index (χ1v) is 5.17. The van der Waals surface area contributed by atoms with Crippen molar-refractivity contribution in [2.45, 2.75) is 0 Å². The number of nitrogens with zero attached hydrogens (tertiary/aromatic N) is 4. The molecule has 5 heteroatoms. The molecule has 0 fully saturated rings. The van der Waals surface area contributed by atoms with Crippen LogP contribution < -0.4 is 4.74 Å². The van der Waals surface area contributed by atoms with Gasteiger partial charge in [-0.05, 0) is 30.3 Å². The Kier molecular flexibility index (Phi) is 2.22. The summed E-state index contributed by atoms with van der Waals surface area (Å²) in [7, 11) is 1.65. The lowest BCUT2D eigenvalue weighted by atomic mass is 10.1. The number of aromatic nitrogens is 4. The van der Waals surface area contributed by atoms with Crippen molar-refractivity contribution < 1.29 is 4.74 Å². The fourth-order valence-corrected chi connectivity index (χ4v) is 1.67. The van der Waals surface area contributed by atoms with E-state index in [0.29, 0.717) is 0 Å². The summed E-state index contributed by atoms with van der Waals surface area (Å²) in [5.74, 6) is 0.834. The van der Waals surface area contributed by atoms with E-state index in [9.17, 15) is 0 Å². The van der Waals surface area contributed by atoms with Crippen LogP contribution in [0.5, 0.6) is 5.75 Å². The molecule has 0 aliphatic carbocycles. The van der Waals surface area contributed by atoms with Gasteiger partial charge in [0.15, 0.2) is 0 Å². The Morgan fingerprint density at radius 2 is 1.94 bits per heavy atom. The van der Waals surface area contributed by atoms with E-state index in [1.54, 1.807) is 24.1 Å². The smallest absolute Gasteiger partial charge is 0.140 e. The first-order chi connectivity index (χ1) is 8.36. The SMILES string of the molecule is COc1ccc(-c2cc3cnncn3n2)cc1. The van der Waals surface area contributed by atoms with Crippen molar-refractivity contribution in [1.29, 1.82) is 0 Å². The zero-order valence-corrected chi connectivity index (χ0v) is 9.24. The third-order valence-electron chi connectivity index (χ3n) is 2.57. The molecule has 0 atom stereocenters. The van der Waals surface area contributed by atoms with Gasteiger partial charge in [-0.25, -0.2) is 4.52 Å². The number of ether oxygens (including phenoxy) is 1. The Bertz CT molecular complexity index is 612. The van der Waals surface area contributed by atoms with Gasteiger partial charge < -0.3 is 4.74 Å². The minimum Gasteiger partial charge on any atom is -0.497 e. The lowest BCUT2D eigenvalue weighted by molar-refractivity contribution is 0.415. The molecule has 2 heterocycles. The Morgan fingerprint density at radius 3 is 2.65 bits per heavy atom. The predicted molar refractivity (Wildman–Crippen MR) is 62.8 cm³/mol. The molecule has 0 radical (unpaired) electrons. The topological polar surface area (TPSA) is 52.3 Å². The minimum atomic E-state index is 0.834. The number of methoxy groups -OCH3 is 1. The highest BCUT2D eigenvalue weighted by Gasteiger charge is 2.04. The van der Waals surface area contributed by atoms with Gasteiger partial charge in [-0.15, -0.1) is 5.10 Å². The van der Waals surface area contributed by atoms with E-state index in [1.165, 1.54) is 0 Å². The van der Waals surface area contributed by atoms with Crippen molar-refractivity contribution in [3.8, 4) is 17.0 Å². The largest absolute Gasteiger partial charge is 0.497 e. The summed E-state index contributed by atoms with van der Waals surface area (Å²) in [6, 6.07) is 9.74. The standard InChI is InChI=1S/C12H10N4O/c1-17-11-4-2-9(3-5-11)12-6-10-7-13-14-8-16(10)15-12/h2-8H,1H3. The first-order valence-electron chi connectivity index (χ1n) is 5.17. The quantitative estimate of drug-likeness (QED) is 0.668. The van der Waals surface area contributed by atoms with Crippen molar-refractivity contribution in [2.75, 3.05) is 7.11 Å². The lowest BCUT2D eigenvalue weighted by Gasteiger charge is -1.99. The van der Waals surface area contributed by atoms with Crippen molar-refractivity contribution >= 4 is 5.52 Å². The molecule has 0 aliphatic heterocycles. The van der Waals surface area contributed by atoms with E-state index in [-0.39, 0.29) is 0 Å². The molecule has 0 unspecified atom stereocenters. The molecular formula is C12H10N4O. The van der Waals surface area contributed by atoms with Crippen LogP contribution in [0.1, 0.15) is 0 Å². The van der Waals surface area contributed by atoms with Crippen LogP contribution in [0.2, 0.25) is 0 Å². The molecule has 17 heavy (non-hydrogen) atoms. The van der Waals surface area contributed by atoms with Crippen LogP contribution in [-0.2, 0) is 0 Å². The van der Waals surface area contributed by atoms with Crippen LogP contribution >= 0.6 is 0 Å². The maximum Gasteiger partial charge on any atom is 0.140 e. The predicted octanol–water partition coefficient (Wildman–Crippen LogP) is 1.80. The van der Waals surface area contributed by atoms with Crippen LogP contribution in [0, 0.1) is 0 Å². The van der Waals surface area contributed by atoms with Crippen molar-refractivity contribution in [3.05, 3.63) is 42.9 Å². The highest BCUT2D eigenvalue weighted by atomic mass is 16.5. The van der Waals surface area contributed by atoms with Crippen LogP contribution in [0.3, 0.4) is 0 Å². The van der Waals surface area contributed by atoms with E-state index in [2.05, 4.69) is 15.3 Å². The van der Waals surface area contributed by atoms with Gasteiger partial charge in [-0.2, -0.15) is 10.2 Å². The molecule has 0 spiro atoms. The number of hydrogen-bond donors (Lipinski definition) is 0. The Morgan fingerprint density at radius 1 is 1.12 bits per heavy atom. The summed E-state index contributed by atoms with van der Waals surface area (Å²) < 4.78 is 6.82. The van der Waals surface area contributed by atoms with E-state index >= 15 is 0 Å². The van der Waals surface area contributed by atoms with Gasteiger partial charge in [0, 0.05) is 5.56 Å². The molecule has 5 nitrogen and oxygen atoms in total. The summed E-state index contributed by atoms with van der Waals surface area (Å²) >= 11 is 0. The van der Waals surface area contributed by atoms with Gasteiger partial charge in [-0.3, -0.25) is 0 Å². The van der Waals surface area contributed by atoms with Gasteiger partial charge in [0.1, 0.15) is 12.1 Å². The molecule has 3 rings (SSSR count). The molecule has 2 aromatic heterocycles. The maximum absolute atomic E-state index is 5.12. The van der Waals surface area contributed by atoms with E-state index in [4.69, 9.17) is 4.74 Å². The zero-order valence-electron chi connectivity index (χ0n) is 9.24.